The number of hydrogen-bond donors (Lipinski definition) is 1. The molecule has 1 heterocycles. The normalized spacial score (nSPS) is 11.2. The van der Waals surface area contributed by atoms with E-state index in [9.17, 15) is 4.79 Å². The van der Waals surface area contributed by atoms with E-state index in [4.69, 9.17) is 16.3 Å². The lowest BCUT2D eigenvalue weighted by atomic mass is 10.1. The summed E-state index contributed by atoms with van der Waals surface area (Å²) in [6.45, 7) is 4.57. The molecule has 0 atom stereocenters. The van der Waals surface area contributed by atoms with Crippen LogP contribution in [0.2, 0.25) is 5.02 Å². The summed E-state index contributed by atoms with van der Waals surface area (Å²) in [5.74, 6) is 0. The van der Waals surface area contributed by atoms with Gasteiger partial charge in [-0.25, -0.2) is 0 Å². The van der Waals surface area contributed by atoms with Crippen molar-refractivity contribution in [1.29, 1.82) is 0 Å². The maximum Gasteiger partial charge on any atom is 0.255 e. The number of aryl methyl sites for hydroxylation is 1. The monoisotopic (exact) mass is 384 g/mol. The Bertz CT molecular complexity index is 982. The number of ether oxygens (including phenoxy) is 1. The maximum absolute atomic E-state index is 13.2. The molecule has 0 unspecified atom stereocenters. The zero-order valence-corrected chi connectivity index (χ0v) is 16.6. The Labute approximate surface area is 164 Å². The molecule has 1 N–H and O–H groups in total. The topological polar surface area (TPSA) is 43.3 Å². The predicted octanol–water partition coefficient (Wildman–Crippen LogP) is 4.14. The molecular weight excluding hydrogens is 360 g/mol. The Morgan fingerprint density at radius 3 is 2.70 bits per heavy atom. The van der Waals surface area contributed by atoms with E-state index in [1.54, 1.807) is 7.11 Å². The van der Waals surface area contributed by atoms with Gasteiger partial charge in [-0.3, -0.25) is 4.79 Å². The first-order valence-electron chi connectivity index (χ1n) is 9.16. The van der Waals surface area contributed by atoms with Crippen molar-refractivity contribution in [1.82, 2.24) is 9.88 Å². The molecule has 3 rings (SSSR count). The van der Waals surface area contributed by atoms with Gasteiger partial charge in [-0.05, 0) is 55.1 Å². The number of halogens is 1. The molecule has 142 valence electrons. The van der Waals surface area contributed by atoms with Crippen LogP contribution in [0.25, 0.3) is 10.9 Å². The van der Waals surface area contributed by atoms with Crippen molar-refractivity contribution in [3.63, 3.8) is 0 Å². The van der Waals surface area contributed by atoms with Crippen LogP contribution < -0.4 is 10.9 Å². The van der Waals surface area contributed by atoms with Crippen molar-refractivity contribution < 1.29 is 4.74 Å². The second-order valence-corrected chi connectivity index (χ2v) is 7.14. The van der Waals surface area contributed by atoms with Gasteiger partial charge in [0.05, 0.1) is 12.1 Å². The molecule has 0 fully saturated rings. The van der Waals surface area contributed by atoms with E-state index in [-0.39, 0.29) is 5.56 Å². The van der Waals surface area contributed by atoms with Crippen LogP contribution in [0.1, 0.15) is 23.1 Å². The summed E-state index contributed by atoms with van der Waals surface area (Å²) in [5.41, 5.74) is 3.81. The summed E-state index contributed by atoms with van der Waals surface area (Å²) >= 11 is 6.34. The molecule has 0 aliphatic rings. The molecular formula is C22H25ClN2O2. The van der Waals surface area contributed by atoms with Crippen LogP contribution in [0, 0.1) is 6.92 Å². The van der Waals surface area contributed by atoms with Gasteiger partial charge in [0.15, 0.2) is 0 Å². The smallest absolute Gasteiger partial charge is 0.255 e. The van der Waals surface area contributed by atoms with E-state index in [0.717, 1.165) is 35.0 Å². The van der Waals surface area contributed by atoms with E-state index in [1.165, 1.54) is 5.56 Å². The van der Waals surface area contributed by atoms with Crippen LogP contribution in [0.5, 0.6) is 0 Å². The van der Waals surface area contributed by atoms with Crippen LogP contribution in [-0.4, -0.2) is 24.8 Å². The Morgan fingerprint density at radius 1 is 1.11 bits per heavy atom. The Morgan fingerprint density at radius 2 is 1.93 bits per heavy atom. The lowest BCUT2D eigenvalue weighted by Gasteiger charge is -2.15. The second-order valence-electron chi connectivity index (χ2n) is 6.74. The average molecular weight is 385 g/mol. The summed E-state index contributed by atoms with van der Waals surface area (Å²) in [6, 6.07) is 15.8. The summed E-state index contributed by atoms with van der Waals surface area (Å²) in [6.07, 6.45) is 0.914. The molecule has 4 nitrogen and oxygen atoms in total. The van der Waals surface area contributed by atoms with Crippen molar-refractivity contribution in [2.45, 2.75) is 26.4 Å². The van der Waals surface area contributed by atoms with Crippen LogP contribution in [0.15, 0.2) is 53.3 Å². The van der Waals surface area contributed by atoms with E-state index in [0.29, 0.717) is 24.7 Å². The summed E-state index contributed by atoms with van der Waals surface area (Å²) in [5, 5.41) is 5.08. The third-order valence-electron chi connectivity index (χ3n) is 4.63. The largest absolute Gasteiger partial charge is 0.385 e. The van der Waals surface area contributed by atoms with Crippen LogP contribution in [-0.2, 0) is 17.8 Å². The fourth-order valence-corrected chi connectivity index (χ4v) is 3.41. The first-order valence-corrected chi connectivity index (χ1v) is 9.54. The van der Waals surface area contributed by atoms with Crippen LogP contribution in [0.4, 0.5) is 0 Å². The highest BCUT2D eigenvalue weighted by Crippen LogP contribution is 2.20. The average Bonchev–Trinajstić information content (AvgIpc) is 2.66. The highest BCUT2D eigenvalue weighted by atomic mass is 35.5. The molecule has 0 saturated heterocycles. The van der Waals surface area contributed by atoms with E-state index in [2.05, 4.69) is 18.3 Å². The van der Waals surface area contributed by atoms with Crippen LogP contribution in [0.3, 0.4) is 0 Å². The number of benzene rings is 2. The SMILES string of the molecule is COCCCNCc1cc2cc(C)ccc2n(Cc2ccccc2Cl)c1=O. The molecule has 0 saturated carbocycles. The lowest BCUT2D eigenvalue weighted by Crippen LogP contribution is -2.28. The highest BCUT2D eigenvalue weighted by Gasteiger charge is 2.11. The minimum Gasteiger partial charge on any atom is -0.385 e. The van der Waals surface area contributed by atoms with Crippen molar-refractivity contribution >= 4 is 22.5 Å². The van der Waals surface area contributed by atoms with Crippen molar-refractivity contribution in [3.05, 3.63) is 80.6 Å². The number of hydrogen-bond acceptors (Lipinski definition) is 3. The van der Waals surface area contributed by atoms with Gasteiger partial charge in [0.1, 0.15) is 0 Å². The Balaban J connectivity index is 1.98. The molecule has 5 heteroatoms. The second kappa shape index (κ2) is 9.18. The number of aromatic nitrogens is 1. The molecule has 0 amide bonds. The standard InChI is InChI=1S/C22H25ClN2O2/c1-16-8-9-21-18(12-16)13-19(14-24-10-5-11-27-2)22(26)25(21)15-17-6-3-4-7-20(17)23/h3-4,6-9,12-13,24H,5,10-11,14-15H2,1-2H3. The molecule has 0 spiro atoms. The van der Waals surface area contributed by atoms with Gasteiger partial charge in [0, 0.05) is 30.8 Å². The fourth-order valence-electron chi connectivity index (χ4n) is 3.21. The molecule has 1 aromatic heterocycles. The van der Waals surface area contributed by atoms with Crippen molar-refractivity contribution in [2.75, 3.05) is 20.3 Å². The van der Waals surface area contributed by atoms with Gasteiger partial charge in [-0.15, -0.1) is 0 Å². The first-order chi connectivity index (χ1) is 13.1. The van der Waals surface area contributed by atoms with E-state index < -0.39 is 0 Å². The molecule has 0 aliphatic carbocycles. The van der Waals surface area contributed by atoms with Gasteiger partial charge >= 0.3 is 0 Å². The maximum atomic E-state index is 13.2. The minimum atomic E-state index is 0.0190. The summed E-state index contributed by atoms with van der Waals surface area (Å²) in [4.78, 5) is 13.2. The molecule has 3 aromatic rings. The summed E-state index contributed by atoms with van der Waals surface area (Å²) in [7, 11) is 1.69. The van der Waals surface area contributed by atoms with Gasteiger partial charge in [0.2, 0.25) is 0 Å². The molecule has 0 bridgehead atoms. The molecule has 2 aromatic carbocycles. The molecule has 0 aliphatic heterocycles. The molecule has 27 heavy (non-hydrogen) atoms. The third kappa shape index (κ3) is 4.78. The van der Waals surface area contributed by atoms with Gasteiger partial charge < -0.3 is 14.6 Å². The number of pyridine rings is 1. The lowest BCUT2D eigenvalue weighted by molar-refractivity contribution is 0.194. The van der Waals surface area contributed by atoms with Gasteiger partial charge in [0.25, 0.3) is 5.56 Å². The quantitative estimate of drug-likeness (QED) is 0.593. The molecule has 0 radical (unpaired) electrons. The van der Waals surface area contributed by atoms with Crippen molar-refractivity contribution in [2.24, 2.45) is 0 Å². The first kappa shape index (κ1) is 19.6. The van der Waals surface area contributed by atoms with Gasteiger partial charge in [-0.2, -0.15) is 0 Å². The minimum absolute atomic E-state index is 0.0190. The highest BCUT2D eigenvalue weighted by molar-refractivity contribution is 6.31. The number of fused-ring (bicyclic) bond motifs is 1. The fraction of sp³-hybridized carbons (Fsp3) is 0.318. The number of methoxy groups -OCH3 is 1. The zero-order chi connectivity index (χ0) is 19.2. The van der Waals surface area contributed by atoms with E-state index in [1.807, 2.05) is 47.0 Å². The number of nitrogens with zero attached hydrogens (tertiary/aromatic N) is 1. The third-order valence-corrected chi connectivity index (χ3v) is 5.00. The Kier molecular flexibility index (Phi) is 6.67. The zero-order valence-electron chi connectivity index (χ0n) is 15.8. The van der Waals surface area contributed by atoms with Crippen LogP contribution >= 0.6 is 11.6 Å². The van der Waals surface area contributed by atoms with Gasteiger partial charge in [-0.1, -0.05) is 41.4 Å². The number of rotatable bonds is 8. The Hall–Kier alpha value is -2.14. The van der Waals surface area contributed by atoms with E-state index >= 15 is 0 Å². The number of nitrogens with one attached hydrogen (secondary N) is 1. The predicted molar refractivity (Wildman–Crippen MR) is 112 cm³/mol. The summed E-state index contributed by atoms with van der Waals surface area (Å²) < 4.78 is 6.89. The van der Waals surface area contributed by atoms with Crippen molar-refractivity contribution in [3.8, 4) is 0 Å².